The van der Waals surface area contributed by atoms with Gasteiger partial charge in [0.25, 0.3) is 0 Å². The van der Waals surface area contributed by atoms with Gasteiger partial charge in [-0.2, -0.15) is 0 Å². The van der Waals surface area contributed by atoms with E-state index in [4.69, 9.17) is 0 Å². The van der Waals surface area contributed by atoms with E-state index in [9.17, 15) is 0 Å². The highest BCUT2D eigenvalue weighted by atomic mass is 32.2. The average molecular weight is 253 g/mol. The minimum atomic E-state index is 0.580. The van der Waals surface area contributed by atoms with Crippen molar-refractivity contribution in [3.63, 3.8) is 0 Å². The Hall–Kier alpha value is -0.470. The Bertz CT molecular complexity index is 279. The predicted molar refractivity (Wildman–Crippen MR) is 81.7 cm³/mol. The highest BCUT2D eigenvalue weighted by Gasteiger charge is 2.04. The zero-order valence-electron chi connectivity index (χ0n) is 12.1. The first-order valence-corrected chi connectivity index (χ1v) is 7.42. The van der Waals surface area contributed by atoms with Crippen molar-refractivity contribution >= 4 is 11.9 Å². The fourth-order valence-corrected chi connectivity index (χ4v) is 2.03. The molecule has 0 aliphatic carbocycles. The smallest absolute Gasteiger partial charge is 0.0136 e. The lowest BCUT2D eigenvalue weighted by Crippen LogP contribution is -2.15. The van der Waals surface area contributed by atoms with Crippen molar-refractivity contribution in [3.8, 4) is 0 Å². The third kappa shape index (κ3) is 7.45. The lowest BCUT2D eigenvalue weighted by atomic mass is 10.0. The fraction of sp³-hybridized carbons (Fsp3) is 0.600. The van der Waals surface area contributed by atoms with Crippen LogP contribution in [0.3, 0.4) is 0 Å². The van der Waals surface area contributed by atoms with Gasteiger partial charge in [0.1, 0.15) is 0 Å². The summed E-state index contributed by atoms with van der Waals surface area (Å²) in [6.45, 7) is 13.8. The van der Waals surface area contributed by atoms with Gasteiger partial charge in [-0.15, -0.1) is 0 Å². The summed E-state index contributed by atoms with van der Waals surface area (Å²) in [6.07, 6.45) is 0. The Kier molecular flexibility index (Phi) is 9.28. The number of hydrogen-bond acceptors (Lipinski definition) is 2. The molecule has 0 radical (unpaired) electrons. The Morgan fingerprint density at radius 3 is 2.06 bits per heavy atom. The molecule has 0 heterocycles. The first-order chi connectivity index (χ1) is 8.09. The van der Waals surface area contributed by atoms with E-state index in [-0.39, 0.29) is 0 Å². The molecule has 0 aliphatic heterocycles. The van der Waals surface area contributed by atoms with E-state index in [0.717, 1.165) is 6.54 Å². The van der Waals surface area contributed by atoms with E-state index in [1.165, 1.54) is 11.1 Å². The Morgan fingerprint density at radius 1 is 1.06 bits per heavy atom. The summed E-state index contributed by atoms with van der Waals surface area (Å²) in [5, 5.41) is 0.648. The summed E-state index contributed by atoms with van der Waals surface area (Å²) in [5.74, 6) is 0.580. The molecule has 1 nitrogen and oxygen atoms in total. The maximum Gasteiger partial charge on any atom is 0.0136 e. The van der Waals surface area contributed by atoms with E-state index >= 15 is 0 Å². The summed E-state index contributed by atoms with van der Waals surface area (Å²) in [5.41, 5.74) is 2.74. The highest BCUT2D eigenvalue weighted by Crippen LogP contribution is 2.16. The molecule has 1 aromatic rings. The molecule has 1 aromatic carbocycles. The van der Waals surface area contributed by atoms with Crippen molar-refractivity contribution in [2.24, 2.45) is 0 Å². The van der Waals surface area contributed by atoms with Gasteiger partial charge in [0, 0.05) is 11.8 Å². The normalized spacial score (nSPS) is 11.9. The Labute approximate surface area is 112 Å². The molecule has 1 atom stereocenters. The second kappa shape index (κ2) is 9.55. The molecular formula is C15H27NS. The van der Waals surface area contributed by atoms with Crippen LogP contribution in [-0.2, 0) is 0 Å². The van der Waals surface area contributed by atoms with E-state index in [0.29, 0.717) is 11.2 Å². The van der Waals surface area contributed by atoms with E-state index in [2.05, 4.69) is 56.7 Å². The molecule has 0 saturated carbocycles. The number of aryl methyl sites for hydroxylation is 1. The SMILES string of the molecule is CC.Cc1ccc([C@H](C)CNSC(C)C)cc1. The van der Waals surface area contributed by atoms with Gasteiger partial charge in [0.05, 0.1) is 0 Å². The maximum atomic E-state index is 3.41. The van der Waals surface area contributed by atoms with Gasteiger partial charge in [-0.3, -0.25) is 4.72 Å². The molecule has 98 valence electrons. The van der Waals surface area contributed by atoms with Crippen LogP contribution in [0.5, 0.6) is 0 Å². The van der Waals surface area contributed by atoms with Gasteiger partial charge in [-0.25, -0.2) is 0 Å². The van der Waals surface area contributed by atoms with E-state index < -0.39 is 0 Å². The minimum absolute atomic E-state index is 0.580. The topological polar surface area (TPSA) is 12.0 Å². The van der Waals surface area contributed by atoms with Gasteiger partial charge < -0.3 is 0 Å². The van der Waals surface area contributed by atoms with Crippen LogP contribution in [0.4, 0.5) is 0 Å². The Morgan fingerprint density at radius 2 is 1.59 bits per heavy atom. The van der Waals surface area contributed by atoms with Crippen molar-refractivity contribution in [1.82, 2.24) is 4.72 Å². The molecule has 17 heavy (non-hydrogen) atoms. The lowest BCUT2D eigenvalue weighted by molar-refractivity contribution is 0.739. The monoisotopic (exact) mass is 253 g/mol. The third-order valence-electron chi connectivity index (χ3n) is 2.35. The minimum Gasteiger partial charge on any atom is -0.263 e. The van der Waals surface area contributed by atoms with Gasteiger partial charge in [-0.05, 0) is 18.4 Å². The van der Waals surface area contributed by atoms with Crippen LogP contribution < -0.4 is 4.72 Å². The van der Waals surface area contributed by atoms with Crippen LogP contribution in [-0.4, -0.2) is 11.8 Å². The summed E-state index contributed by atoms with van der Waals surface area (Å²) in [7, 11) is 0. The maximum absolute atomic E-state index is 3.41. The van der Waals surface area contributed by atoms with Crippen molar-refractivity contribution in [3.05, 3.63) is 35.4 Å². The molecule has 0 aliphatic rings. The molecule has 0 unspecified atom stereocenters. The molecule has 0 fully saturated rings. The first kappa shape index (κ1) is 16.5. The highest BCUT2D eigenvalue weighted by molar-refractivity contribution is 7.97. The van der Waals surface area contributed by atoms with Gasteiger partial charge in [0.15, 0.2) is 0 Å². The molecule has 1 N–H and O–H groups in total. The number of rotatable bonds is 5. The zero-order chi connectivity index (χ0) is 13.3. The van der Waals surface area contributed by atoms with Crippen LogP contribution in [0.2, 0.25) is 0 Å². The van der Waals surface area contributed by atoms with Gasteiger partial charge in [0.2, 0.25) is 0 Å². The number of benzene rings is 1. The molecule has 0 bridgehead atoms. The number of hydrogen-bond donors (Lipinski definition) is 1. The Balaban J connectivity index is 0.00000121. The second-order valence-electron chi connectivity index (χ2n) is 4.33. The largest absolute Gasteiger partial charge is 0.263 e. The molecule has 1 rings (SSSR count). The van der Waals surface area contributed by atoms with Crippen molar-refractivity contribution < 1.29 is 0 Å². The summed E-state index contributed by atoms with van der Waals surface area (Å²) in [4.78, 5) is 0. The molecule has 0 aromatic heterocycles. The van der Waals surface area contributed by atoms with Crippen LogP contribution in [0.25, 0.3) is 0 Å². The number of nitrogens with one attached hydrogen (secondary N) is 1. The predicted octanol–water partition coefficient (Wildman–Crippen LogP) is 4.77. The van der Waals surface area contributed by atoms with Crippen molar-refractivity contribution in [1.29, 1.82) is 0 Å². The standard InChI is InChI=1S/C13H21NS.C2H6/c1-10(2)15-14-9-12(4)13-7-5-11(3)6-8-13;1-2/h5-8,10,12,14H,9H2,1-4H3;1-2H3/t12-;/m1./s1. The van der Waals surface area contributed by atoms with Crippen LogP contribution >= 0.6 is 11.9 Å². The summed E-state index contributed by atoms with van der Waals surface area (Å²) in [6, 6.07) is 8.81. The zero-order valence-corrected chi connectivity index (χ0v) is 12.9. The molecule has 2 heteroatoms. The van der Waals surface area contributed by atoms with Crippen LogP contribution in [0.15, 0.2) is 24.3 Å². The quantitative estimate of drug-likeness (QED) is 0.759. The van der Waals surface area contributed by atoms with E-state index in [1.807, 2.05) is 25.8 Å². The lowest BCUT2D eigenvalue weighted by Gasteiger charge is -2.13. The molecular weight excluding hydrogens is 226 g/mol. The molecule has 0 spiro atoms. The van der Waals surface area contributed by atoms with Gasteiger partial charge in [-0.1, -0.05) is 76.4 Å². The van der Waals surface area contributed by atoms with Crippen molar-refractivity contribution in [2.45, 2.75) is 52.7 Å². The summed E-state index contributed by atoms with van der Waals surface area (Å²) < 4.78 is 3.41. The van der Waals surface area contributed by atoms with E-state index in [1.54, 1.807) is 0 Å². The molecule has 0 saturated heterocycles. The van der Waals surface area contributed by atoms with Crippen LogP contribution in [0.1, 0.15) is 51.7 Å². The second-order valence-corrected chi connectivity index (χ2v) is 5.79. The first-order valence-electron chi connectivity index (χ1n) is 6.54. The average Bonchev–Trinajstić information content (AvgIpc) is 2.32. The van der Waals surface area contributed by atoms with Crippen LogP contribution in [0, 0.1) is 6.92 Å². The summed E-state index contributed by atoms with van der Waals surface area (Å²) >= 11 is 1.81. The third-order valence-corrected chi connectivity index (χ3v) is 3.16. The van der Waals surface area contributed by atoms with Gasteiger partial charge >= 0.3 is 0 Å². The molecule has 0 amide bonds. The van der Waals surface area contributed by atoms with Crippen molar-refractivity contribution in [2.75, 3.05) is 6.54 Å². The fourth-order valence-electron chi connectivity index (χ4n) is 1.35.